The molecular formula is C13H13NSi. The van der Waals surface area contributed by atoms with Gasteiger partial charge < -0.3 is 0 Å². The zero-order chi connectivity index (χ0) is 10.5. The van der Waals surface area contributed by atoms with Crippen molar-refractivity contribution in [1.29, 1.82) is 0 Å². The first-order valence-corrected chi connectivity index (χ1v) is 6.00. The Kier molecular flexibility index (Phi) is 3.10. The van der Waals surface area contributed by atoms with Gasteiger partial charge in [0.15, 0.2) is 0 Å². The van der Waals surface area contributed by atoms with Crippen molar-refractivity contribution in [3.63, 3.8) is 0 Å². The first-order valence-electron chi connectivity index (χ1n) is 5.00. The Labute approximate surface area is 92.9 Å². The Morgan fingerprint density at radius 2 is 1.60 bits per heavy atom. The molecule has 0 saturated carbocycles. The van der Waals surface area contributed by atoms with E-state index in [-0.39, 0.29) is 0 Å². The average Bonchev–Trinajstić information content (AvgIpc) is 2.30. The third kappa shape index (κ3) is 2.89. The van der Waals surface area contributed by atoms with Crippen LogP contribution in [-0.4, -0.2) is 15.2 Å². The molecule has 0 aliphatic rings. The van der Waals surface area contributed by atoms with E-state index in [1.807, 2.05) is 24.4 Å². The quantitative estimate of drug-likeness (QED) is 0.681. The standard InChI is InChI=1S/C13H13NSi/c15-13-9-8-12(10-14-13)7-6-11-4-2-1-3-5-11/h1-10H,15H3. The van der Waals surface area contributed by atoms with E-state index in [0.717, 1.165) is 15.8 Å². The van der Waals surface area contributed by atoms with E-state index < -0.39 is 0 Å². The van der Waals surface area contributed by atoms with Crippen LogP contribution in [-0.2, 0) is 0 Å². The van der Waals surface area contributed by atoms with Crippen molar-refractivity contribution >= 4 is 27.7 Å². The van der Waals surface area contributed by atoms with Gasteiger partial charge in [0.1, 0.15) is 0 Å². The lowest BCUT2D eigenvalue weighted by molar-refractivity contribution is 1.37. The number of benzene rings is 1. The highest BCUT2D eigenvalue weighted by Gasteiger charge is 1.87. The Morgan fingerprint density at radius 3 is 2.27 bits per heavy atom. The second-order valence-electron chi connectivity index (χ2n) is 3.48. The van der Waals surface area contributed by atoms with E-state index in [0.29, 0.717) is 0 Å². The fourth-order valence-electron chi connectivity index (χ4n) is 1.33. The van der Waals surface area contributed by atoms with Gasteiger partial charge in [0.25, 0.3) is 0 Å². The van der Waals surface area contributed by atoms with Crippen LogP contribution in [0.4, 0.5) is 0 Å². The minimum atomic E-state index is 1.02. The Hall–Kier alpha value is -1.67. The molecule has 0 aliphatic carbocycles. The lowest BCUT2D eigenvalue weighted by Gasteiger charge is -1.94. The summed E-state index contributed by atoms with van der Waals surface area (Å²) >= 11 is 0. The summed E-state index contributed by atoms with van der Waals surface area (Å²) in [6.07, 6.45) is 6.11. The first-order chi connectivity index (χ1) is 7.34. The summed E-state index contributed by atoms with van der Waals surface area (Å²) in [5, 5.41) is 1.19. The van der Waals surface area contributed by atoms with Gasteiger partial charge in [-0.15, -0.1) is 0 Å². The van der Waals surface area contributed by atoms with Gasteiger partial charge in [0.05, 0.1) is 10.2 Å². The van der Waals surface area contributed by atoms with Crippen molar-refractivity contribution in [2.24, 2.45) is 0 Å². The molecule has 0 amide bonds. The van der Waals surface area contributed by atoms with Crippen LogP contribution in [0.1, 0.15) is 11.1 Å². The van der Waals surface area contributed by atoms with Crippen LogP contribution in [0.15, 0.2) is 48.7 Å². The minimum Gasteiger partial charge on any atom is -0.267 e. The van der Waals surface area contributed by atoms with Gasteiger partial charge >= 0.3 is 0 Å². The molecule has 2 heteroatoms. The molecule has 0 radical (unpaired) electrons. The molecule has 0 saturated heterocycles. The van der Waals surface area contributed by atoms with E-state index in [2.05, 4.69) is 41.4 Å². The summed E-state index contributed by atoms with van der Waals surface area (Å²) in [6, 6.07) is 14.5. The van der Waals surface area contributed by atoms with Crippen molar-refractivity contribution in [1.82, 2.24) is 4.98 Å². The van der Waals surface area contributed by atoms with Crippen molar-refractivity contribution in [2.45, 2.75) is 0 Å². The maximum Gasteiger partial charge on any atom is 0.0623 e. The van der Waals surface area contributed by atoms with Crippen LogP contribution in [0, 0.1) is 0 Å². The third-order valence-electron chi connectivity index (χ3n) is 2.20. The molecule has 1 nitrogen and oxygen atoms in total. The molecule has 2 aromatic rings. The lowest BCUT2D eigenvalue weighted by atomic mass is 10.2. The lowest BCUT2D eigenvalue weighted by Crippen LogP contribution is -2.05. The Balaban J connectivity index is 2.15. The van der Waals surface area contributed by atoms with Crippen LogP contribution in [0.25, 0.3) is 12.2 Å². The molecule has 0 N–H and O–H groups in total. The Bertz CT molecular complexity index is 446. The summed E-state index contributed by atoms with van der Waals surface area (Å²) in [5.41, 5.74) is 2.37. The maximum absolute atomic E-state index is 4.30. The van der Waals surface area contributed by atoms with Gasteiger partial charge in [-0.25, -0.2) is 0 Å². The molecule has 0 bridgehead atoms. The van der Waals surface area contributed by atoms with Gasteiger partial charge in [-0.05, 0) is 17.2 Å². The van der Waals surface area contributed by atoms with E-state index in [9.17, 15) is 0 Å². The molecule has 1 aromatic carbocycles. The van der Waals surface area contributed by atoms with Crippen molar-refractivity contribution in [2.75, 3.05) is 0 Å². The summed E-state index contributed by atoms with van der Waals surface area (Å²) in [4.78, 5) is 4.30. The summed E-state index contributed by atoms with van der Waals surface area (Å²) in [6.45, 7) is 0. The molecule has 1 aromatic heterocycles. The predicted molar refractivity (Wildman–Crippen MR) is 69.2 cm³/mol. The fourth-order valence-corrected chi connectivity index (χ4v) is 1.63. The van der Waals surface area contributed by atoms with Crippen LogP contribution in [0.5, 0.6) is 0 Å². The zero-order valence-corrected chi connectivity index (χ0v) is 10.7. The topological polar surface area (TPSA) is 12.9 Å². The van der Waals surface area contributed by atoms with Crippen molar-refractivity contribution in [3.8, 4) is 0 Å². The van der Waals surface area contributed by atoms with E-state index >= 15 is 0 Å². The molecule has 74 valence electrons. The second-order valence-corrected chi connectivity index (χ2v) is 4.50. The van der Waals surface area contributed by atoms with Gasteiger partial charge in [-0.2, -0.15) is 0 Å². The largest absolute Gasteiger partial charge is 0.267 e. The van der Waals surface area contributed by atoms with Gasteiger partial charge in [0, 0.05) is 11.5 Å². The summed E-state index contributed by atoms with van der Waals surface area (Å²) < 4.78 is 0. The number of hydrogen-bond acceptors (Lipinski definition) is 1. The smallest absolute Gasteiger partial charge is 0.0623 e. The number of pyridine rings is 1. The highest BCUT2D eigenvalue weighted by molar-refractivity contribution is 6.30. The maximum atomic E-state index is 4.30. The summed E-state index contributed by atoms with van der Waals surface area (Å²) in [5.74, 6) is 0. The fraction of sp³-hybridized carbons (Fsp3) is 0. The normalized spacial score (nSPS) is 10.9. The average molecular weight is 211 g/mol. The van der Waals surface area contributed by atoms with Crippen LogP contribution in [0.2, 0.25) is 0 Å². The Morgan fingerprint density at radius 1 is 0.867 bits per heavy atom. The van der Waals surface area contributed by atoms with Gasteiger partial charge in [0.2, 0.25) is 0 Å². The number of rotatable bonds is 2. The van der Waals surface area contributed by atoms with Crippen molar-refractivity contribution in [3.05, 3.63) is 59.8 Å². The van der Waals surface area contributed by atoms with Crippen LogP contribution in [0.3, 0.4) is 0 Å². The molecule has 15 heavy (non-hydrogen) atoms. The van der Waals surface area contributed by atoms with Crippen LogP contribution >= 0.6 is 0 Å². The third-order valence-corrected chi connectivity index (χ3v) is 2.79. The predicted octanol–water partition coefficient (Wildman–Crippen LogP) is 1.24. The SMILES string of the molecule is [SiH3]c1ccc(C=Cc2ccccc2)cn1. The molecule has 0 atom stereocenters. The molecule has 1 heterocycles. The van der Waals surface area contributed by atoms with E-state index in [1.165, 1.54) is 10.9 Å². The number of aromatic nitrogens is 1. The highest BCUT2D eigenvalue weighted by Crippen LogP contribution is 2.05. The van der Waals surface area contributed by atoms with E-state index in [4.69, 9.17) is 0 Å². The highest BCUT2D eigenvalue weighted by atomic mass is 28.1. The zero-order valence-electron chi connectivity index (χ0n) is 8.72. The monoisotopic (exact) mass is 211 g/mol. The molecule has 0 unspecified atom stereocenters. The van der Waals surface area contributed by atoms with Gasteiger partial charge in [-0.3, -0.25) is 4.98 Å². The molecule has 2 rings (SSSR count). The number of nitrogens with zero attached hydrogens (tertiary/aromatic N) is 1. The summed E-state index contributed by atoms with van der Waals surface area (Å²) in [7, 11) is 1.02. The van der Waals surface area contributed by atoms with Crippen molar-refractivity contribution < 1.29 is 0 Å². The molecular weight excluding hydrogens is 198 g/mol. The molecule has 0 aliphatic heterocycles. The first kappa shape index (κ1) is 9.87. The van der Waals surface area contributed by atoms with Crippen LogP contribution < -0.4 is 5.32 Å². The number of hydrogen-bond donors (Lipinski definition) is 0. The van der Waals surface area contributed by atoms with Gasteiger partial charge in [-0.1, -0.05) is 48.6 Å². The second kappa shape index (κ2) is 4.71. The molecule has 0 fully saturated rings. The van der Waals surface area contributed by atoms with E-state index in [1.54, 1.807) is 0 Å². The molecule has 0 spiro atoms. The minimum absolute atomic E-state index is 1.02.